The molecule has 3 heterocycles. The molecule has 0 saturated heterocycles. The lowest BCUT2D eigenvalue weighted by atomic mass is 9.95. The Hall–Kier alpha value is -4.12. The zero-order valence-corrected chi connectivity index (χ0v) is 26.1. The number of hydrogen-bond donors (Lipinski definition) is 1. The summed E-state index contributed by atoms with van der Waals surface area (Å²) in [6.07, 6.45) is 3.12. The topological polar surface area (TPSA) is 106 Å². The van der Waals surface area contributed by atoms with Crippen LogP contribution in [0.15, 0.2) is 99.0 Å². The highest BCUT2D eigenvalue weighted by Crippen LogP contribution is 2.44. The molecular formula is C33H28ClN3O5S2. The highest BCUT2D eigenvalue weighted by atomic mass is 35.5. The highest BCUT2D eigenvalue weighted by molar-refractivity contribution is 8.00. The Morgan fingerprint density at radius 3 is 2.61 bits per heavy atom. The van der Waals surface area contributed by atoms with Gasteiger partial charge in [0.2, 0.25) is 10.9 Å². The second-order valence-corrected chi connectivity index (χ2v) is 12.8. The maximum absolute atomic E-state index is 13.9. The number of aliphatic hydroxyl groups excluding tert-OH is 1. The highest BCUT2D eigenvalue weighted by Gasteiger charge is 2.46. The van der Waals surface area contributed by atoms with E-state index in [-0.39, 0.29) is 16.5 Å². The van der Waals surface area contributed by atoms with Crippen LogP contribution in [-0.4, -0.2) is 33.6 Å². The standard InChI is InChI=1S/C33H28ClN3O5S2/c1-2-3-8-17-41-23-15-13-20(14-16-23)28-27(29(38)26-18-21-9-5-7-12-25(21)42-26)30(39)31(40)37(28)32-35-36-33(44-32)43-19-22-10-4-6-11-24(22)34/h4-7,9-16,18,28,39H,2-3,8,17,19H2,1H3. The molecule has 0 aliphatic carbocycles. The summed E-state index contributed by atoms with van der Waals surface area (Å²) in [5.41, 5.74) is 1.98. The van der Waals surface area contributed by atoms with E-state index in [1.807, 2.05) is 42.5 Å². The van der Waals surface area contributed by atoms with Gasteiger partial charge in [0, 0.05) is 16.2 Å². The Morgan fingerprint density at radius 2 is 1.84 bits per heavy atom. The van der Waals surface area contributed by atoms with Gasteiger partial charge in [0.25, 0.3) is 5.91 Å². The molecule has 2 aromatic heterocycles. The largest absolute Gasteiger partial charge is 0.503 e. The Bertz CT molecular complexity index is 1820. The molecule has 1 amide bonds. The first-order chi connectivity index (χ1) is 21.4. The quantitative estimate of drug-likeness (QED) is 0.0622. The van der Waals surface area contributed by atoms with Crippen molar-refractivity contribution in [3.8, 4) is 5.75 Å². The van der Waals surface area contributed by atoms with Gasteiger partial charge in [-0.2, -0.15) is 0 Å². The molecule has 8 nitrogen and oxygen atoms in total. The van der Waals surface area contributed by atoms with Crippen LogP contribution in [0.3, 0.4) is 0 Å². The molecule has 1 N–H and O–H groups in total. The predicted molar refractivity (Wildman–Crippen MR) is 173 cm³/mol. The van der Waals surface area contributed by atoms with Crippen LogP contribution in [-0.2, 0) is 10.5 Å². The van der Waals surface area contributed by atoms with Crippen LogP contribution in [0, 0.1) is 0 Å². The zero-order valence-electron chi connectivity index (χ0n) is 23.7. The van der Waals surface area contributed by atoms with Gasteiger partial charge in [-0.1, -0.05) is 103 Å². The molecule has 0 spiro atoms. The fourth-order valence-electron chi connectivity index (χ4n) is 4.98. The van der Waals surface area contributed by atoms with Gasteiger partial charge in [0.05, 0.1) is 18.2 Å². The molecule has 5 aromatic rings. The molecule has 0 saturated carbocycles. The minimum atomic E-state index is -0.966. The van der Waals surface area contributed by atoms with Crippen molar-refractivity contribution in [2.75, 3.05) is 11.5 Å². The monoisotopic (exact) mass is 645 g/mol. The molecule has 6 rings (SSSR count). The van der Waals surface area contributed by atoms with Crippen molar-refractivity contribution in [3.63, 3.8) is 0 Å². The van der Waals surface area contributed by atoms with Gasteiger partial charge >= 0.3 is 0 Å². The lowest BCUT2D eigenvalue weighted by Crippen LogP contribution is -2.31. The average molecular weight is 646 g/mol. The lowest BCUT2D eigenvalue weighted by molar-refractivity contribution is -0.117. The SMILES string of the molecule is CCCCCOc1ccc(C2C(C(=O)c3cc4ccccc4o3)=C(O)C(=O)N2c2nnc(SCc3ccccc3Cl)s2)cc1. The molecule has 0 radical (unpaired) electrons. The van der Waals surface area contributed by atoms with Crippen molar-refractivity contribution < 1.29 is 23.8 Å². The van der Waals surface area contributed by atoms with E-state index >= 15 is 0 Å². The summed E-state index contributed by atoms with van der Waals surface area (Å²) in [5.74, 6) is -0.721. The zero-order chi connectivity index (χ0) is 30.6. The number of aliphatic hydroxyl groups is 1. The summed E-state index contributed by atoms with van der Waals surface area (Å²) in [5, 5.41) is 21.4. The van der Waals surface area contributed by atoms with Crippen LogP contribution < -0.4 is 9.64 Å². The van der Waals surface area contributed by atoms with E-state index in [1.165, 1.54) is 28.0 Å². The summed E-state index contributed by atoms with van der Waals surface area (Å²) in [7, 11) is 0. The van der Waals surface area contributed by atoms with Gasteiger partial charge in [0.1, 0.15) is 11.3 Å². The number of ketones is 1. The molecule has 1 unspecified atom stereocenters. The predicted octanol–water partition coefficient (Wildman–Crippen LogP) is 8.58. The van der Waals surface area contributed by atoms with E-state index in [9.17, 15) is 14.7 Å². The summed E-state index contributed by atoms with van der Waals surface area (Å²) >= 11 is 8.95. The number of fused-ring (bicyclic) bond motifs is 1. The first kappa shape index (κ1) is 29.9. The van der Waals surface area contributed by atoms with E-state index in [0.717, 1.165) is 30.2 Å². The van der Waals surface area contributed by atoms with Crippen LogP contribution in [0.25, 0.3) is 11.0 Å². The van der Waals surface area contributed by atoms with Crippen molar-refractivity contribution in [2.24, 2.45) is 0 Å². The van der Waals surface area contributed by atoms with Crippen molar-refractivity contribution in [2.45, 2.75) is 42.3 Å². The van der Waals surface area contributed by atoms with Gasteiger partial charge in [-0.25, -0.2) is 0 Å². The van der Waals surface area contributed by atoms with Gasteiger partial charge in [-0.3, -0.25) is 14.5 Å². The molecular weight excluding hydrogens is 618 g/mol. The number of ether oxygens (including phenoxy) is 1. The van der Waals surface area contributed by atoms with Crippen molar-refractivity contribution in [3.05, 3.63) is 112 Å². The number of benzene rings is 3. The number of carbonyl (C=O) groups excluding carboxylic acids is 2. The normalized spacial score (nSPS) is 15.0. The number of para-hydroxylation sites is 1. The number of halogens is 1. The smallest absolute Gasteiger partial charge is 0.296 e. The summed E-state index contributed by atoms with van der Waals surface area (Å²) in [6.45, 7) is 2.73. The van der Waals surface area contributed by atoms with Gasteiger partial charge in [-0.05, 0) is 47.9 Å². The fourth-order valence-corrected chi connectivity index (χ4v) is 7.13. The molecule has 0 fully saturated rings. The van der Waals surface area contributed by atoms with Crippen LogP contribution in [0.4, 0.5) is 5.13 Å². The summed E-state index contributed by atoms with van der Waals surface area (Å²) in [6, 6.07) is 22.6. The van der Waals surface area contributed by atoms with Crippen LogP contribution in [0.2, 0.25) is 5.02 Å². The van der Waals surface area contributed by atoms with Gasteiger partial charge in [0.15, 0.2) is 15.9 Å². The van der Waals surface area contributed by atoms with E-state index in [4.69, 9.17) is 20.8 Å². The average Bonchev–Trinajstić information content (AvgIpc) is 3.75. The maximum Gasteiger partial charge on any atom is 0.296 e. The van der Waals surface area contributed by atoms with Crippen molar-refractivity contribution in [1.29, 1.82) is 0 Å². The molecule has 1 aliphatic rings. The van der Waals surface area contributed by atoms with E-state index in [2.05, 4.69) is 17.1 Å². The Morgan fingerprint density at radius 1 is 1.07 bits per heavy atom. The summed E-state index contributed by atoms with van der Waals surface area (Å²) < 4.78 is 12.3. The Kier molecular flexibility index (Phi) is 9.02. The van der Waals surface area contributed by atoms with E-state index in [1.54, 1.807) is 36.4 Å². The number of anilines is 1. The molecule has 11 heteroatoms. The van der Waals surface area contributed by atoms with Crippen molar-refractivity contribution in [1.82, 2.24) is 10.2 Å². The van der Waals surface area contributed by atoms with Gasteiger partial charge < -0.3 is 14.3 Å². The second kappa shape index (κ2) is 13.3. The number of hydrogen-bond acceptors (Lipinski definition) is 9. The number of Topliss-reactive ketones (excluding diaryl/α,β-unsaturated/α-hetero) is 1. The minimum Gasteiger partial charge on any atom is -0.503 e. The first-order valence-electron chi connectivity index (χ1n) is 14.2. The third-order valence-electron chi connectivity index (χ3n) is 7.23. The third-order valence-corrected chi connectivity index (χ3v) is 9.70. The minimum absolute atomic E-state index is 0.0246. The number of carbonyl (C=O) groups is 2. The lowest BCUT2D eigenvalue weighted by Gasteiger charge is -2.24. The third kappa shape index (κ3) is 6.10. The summed E-state index contributed by atoms with van der Waals surface area (Å²) in [4.78, 5) is 28.9. The Balaban J connectivity index is 1.33. The number of furan rings is 1. The van der Waals surface area contributed by atoms with Crippen LogP contribution >= 0.6 is 34.7 Å². The molecule has 1 atom stereocenters. The number of rotatable bonds is 12. The van der Waals surface area contributed by atoms with E-state index in [0.29, 0.717) is 38.6 Å². The molecule has 44 heavy (non-hydrogen) atoms. The first-order valence-corrected chi connectivity index (χ1v) is 16.3. The van der Waals surface area contributed by atoms with Crippen LogP contribution in [0.5, 0.6) is 5.75 Å². The number of unbranched alkanes of at least 4 members (excludes halogenated alkanes) is 2. The molecule has 1 aliphatic heterocycles. The number of thioether (sulfide) groups is 1. The second-order valence-electron chi connectivity index (χ2n) is 10.2. The van der Waals surface area contributed by atoms with E-state index < -0.39 is 23.5 Å². The van der Waals surface area contributed by atoms with Crippen molar-refractivity contribution >= 4 is 62.5 Å². The molecule has 224 valence electrons. The number of aromatic nitrogens is 2. The molecule has 0 bridgehead atoms. The number of nitrogens with zero attached hydrogens (tertiary/aromatic N) is 3. The van der Waals surface area contributed by atoms with Gasteiger partial charge in [-0.15, -0.1) is 10.2 Å². The number of amides is 1. The van der Waals surface area contributed by atoms with Crippen LogP contribution in [0.1, 0.15) is 53.9 Å². The molecule has 3 aromatic carbocycles. The fraction of sp³-hybridized carbons (Fsp3) is 0.212. The Labute approximate surface area is 267 Å². The maximum atomic E-state index is 13.9.